The normalized spacial score (nSPS) is 12.2. The smallest absolute Gasteiger partial charge is 0.251 e. The van der Waals surface area contributed by atoms with Gasteiger partial charge < -0.3 is 9.72 Å². The molecule has 1 atom stereocenters. The molecule has 1 heterocycles. The second-order valence-electron chi connectivity index (χ2n) is 5.07. The first-order valence-corrected chi connectivity index (χ1v) is 6.96. The fraction of sp³-hybridized carbons (Fsp3) is 0.375. The molecule has 1 aromatic carbocycles. The average molecular weight is 290 g/mol. The molecular weight excluding hydrogens is 271 g/mol. The molecule has 1 aromatic heterocycles. The van der Waals surface area contributed by atoms with Gasteiger partial charge in [-0.05, 0) is 30.0 Å². The highest BCUT2D eigenvalue weighted by Crippen LogP contribution is 2.19. The largest absolute Gasteiger partial charge is 0.494 e. The van der Waals surface area contributed by atoms with E-state index >= 15 is 0 Å². The van der Waals surface area contributed by atoms with Crippen molar-refractivity contribution in [3.8, 4) is 5.75 Å². The number of aromatic amines is 1. The zero-order valence-electron chi connectivity index (χ0n) is 12.4. The molecule has 4 nitrogen and oxygen atoms in total. The minimum Gasteiger partial charge on any atom is -0.494 e. The van der Waals surface area contributed by atoms with E-state index in [1.54, 1.807) is 12.1 Å². The van der Waals surface area contributed by atoms with Gasteiger partial charge in [0.1, 0.15) is 5.82 Å². The number of rotatable bonds is 5. The van der Waals surface area contributed by atoms with Crippen molar-refractivity contribution in [1.29, 1.82) is 0 Å². The minimum absolute atomic E-state index is 0.177. The fourth-order valence-corrected chi connectivity index (χ4v) is 2.09. The van der Waals surface area contributed by atoms with E-state index in [2.05, 4.69) is 9.97 Å². The molecule has 1 N–H and O–H groups in total. The lowest BCUT2D eigenvalue weighted by Crippen LogP contribution is -2.14. The van der Waals surface area contributed by atoms with E-state index in [0.717, 1.165) is 17.7 Å². The molecule has 2 rings (SSSR count). The Morgan fingerprint density at radius 2 is 2.14 bits per heavy atom. The second-order valence-corrected chi connectivity index (χ2v) is 5.07. The summed E-state index contributed by atoms with van der Waals surface area (Å²) in [4.78, 5) is 18.9. The van der Waals surface area contributed by atoms with Crippen LogP contribution < -0.4 is 10.3 Å². The quantitative estimate of drug-likeness (QED) is 0.921. The van der Waals surface area contributed by atoms with Crippen molar-refractivity contribution in [1.82, 2.24) is 9.97 Å². The molecule has 0 bridgehead atoms. The second kappa shape index (κ2) is 6.52. The number of halogens is 1. The summed E-state index contributed by atoms with van der Waals surface area (Å²) in [5, 5.41) is 0. The van der Waals surface area contributed by atoms with Crippen LogP contribution in [0, 0.1) is 5.82 Å². The standard InChI is InChI=1S/C16H19FN2O2/c1-4-10(2)13-9-16(20)19-15(18-13)8-11-5-6-14(21-3)12(17)7-11/h5-7,9-10H,4,8H2,1-3H3,(H,18,19,20). The van der Waals surface area contributed by atoms with Gasteiger partial charge in [-0.25, -0.2) is 9.37 Å². The van der Waals surface area contributed by atoms with Crippen LogP contribution in [0.1, 0.15) is 43.3 Å². The predicted molar refractivity (Wildman–Crippen MR) is 79.3 cm³/mol. The monoisotopic (exact) mass is 290 g/mol. The van der Waals surface area contributed by atoms with Gasteiger partial charge in [0.05, 0.1) is 12.8 Å². The predicted octanol–water partition coefficient (Wildman–Crippen LogP) is 3.02. The van der Waals surface area contributed by atoms with Crippen molar-refractivity contribution in [3.63, 3.8) is 0 Å². The van der Waals surface area contributed by atoms with Crippen LogP contribution in [-0.2, 0) is 6.42 Å². The number of hydrogen-bond donors (Lipinski definition) is 1. The number of benzene rings is 1. The number of nitrogens with one attached hydrogen (secondary N) is 1. The third-order valence-electron chi connectivity index (χ3n) is 3.52. The van der Waals surface area contributed by atoms with Crippen LogP contribution in [0.3, 0.4) is 0 Å². The van der Waals surface area contributed by atoms with Gasteiger partial charge in [0.2, 0.25) is 0 Å². The van der Waals surface area contributed by atoms with E-state index in [9.17, 15) is 9.18 Å². The minimum atomic E-state index is -0.421. The molecular formula is C16H19FN2O2. The molecule has 0 aliphatic heterocycles. The van der Waals surface area contributed by atoms with Crippen molar-refractivity contribution in [3.05, 3.63) is 57.5 Å². The van der Waals surface area contributed by atoms with Gasteiger partial charge in [0.15, 0.2) is 11.6 Å². The van der Waals surface area contributed by atoms with Crippen LogP contribution in [0.2, 0.25) is 0 Å². The molecule has 0 saturated carbocycles. The summed E-state index contributed by atoms with van der Waals surface area (Å²) in [6.07, 6.45) is 1.29. The third-order valence-corrected chi connectivity index (χ3v) is 3.52. The first kappa shape index (κ1) is 15.2. The SMILES string of the molecule is CCC(C)c1cc(=O)[nH]c(Cc2ccc(OC)c(F)c2)n1. The number of aromatic nitrogens is 2. The van der Waals surface area contributed by atoms with Gasteiger partial charge in [-0.2, -0.15) is 0 Å². The summed E-state index contributed by atoms with van der Waals surface area (Å²) in [5.41, 5.74) is 1.33. The van der Waals surface area contributed by atoms with E-state index in [1.807, 2.05) is 13.8 Å². The topological polar surface area (TPSA) is 55.0 Å². The van der Waals surface area contributed by atoms with Crippen LogP contribution >= 0.6 is 0 Å². The van der Waals surface area contributed by atoms with Crippen molar-refractivity contribution in [2.75, 3.05) is 7.11 Å². The van der Waals surface area contributed by atoms with Gasteiger partial charge >= 0.3 is 0 Å². The van der Waals surface area contributed by atoms with Crippen LogP contribution in [-0.4, -0.2) is 17.1 Å². The molecule has 0 spiro atoms. The highest BCUT2D eigenvalue weighted by Gasteiger charge is 2.09. The summed E-state index contributed by atoms with van der Waals surface area (Å²) in [5.74, 6) is 0.546. The number of methoxy groups -OCH3 is 1. The van der Waals surface area contributed by atoms with E-state index < -0.39 is 5.82 Å². The average Bonchev–Trinajstić information content (AvgIpc) is 2.46. The molecule has 0 saturated heterocycles. The summed E-state index contributed by atoms with van der Waals surface area (Å²) in [6, 6.07) is 6.25. The van der Waals surface area contributed by atoms with E-state index in [1.165, 1.54) is 19.2 Å². The van der Waals surface area contributed by atoms with Gasteiger partial charge in [-0.3, -0.25) is 4.79 Å². The number of hydrogen-bond acceptors (Lipinski definition) is 3. The van der Waals surface area contributed by atoms with Gasteiger partial charge in [-0.1, -0.05) is 19.9 Å². The lowest BCUT2D eigenvalue weighted by Gasteiger charge is -2.10. The molecule has 0 radical (unpaired) electrons. The Morgan fingerprint density at radius 3 is 2.76 bits per heavy atom. The molecule has 112 valence electrons. The van der Waals surface area contributed by atoms with Crippen molar-refractivity contribution < 1.29 is 9.13 Å². The van der Waals surface area contributed by atoms with Crippen LogP contribution in [0.5, 0.6) is 5.75 Å². The molecule has 0 aliphatic rings. The van der Waals surface area contributed by atoms with E-state index in [-0.39, 0.29) is 17.2 Å². The maximum atomic E-state index is 13.7. The van der Waals surface area contributed by atoms with Crippen LogP contribution in [0.4, 0.5) is 4.39 Å². The first-order chi connectivity index (χ1) is 10.0. The van der Waals surface area contributed by atoms with Gasteiger partial charge in [0, 0.05) is 12.5 Å². The summed E-state index contributed by atoms with van der Waals surface area (Å²) in [7, 11) is 1.42. The Labute approximate surface area is 123 Å². The van der Waals surface area contributed by atoms with Crippen molar-refractivity contribution in [2.24, 2.45) is 0 Å². The molecule has 1 unspecified atom stereocenters. The van der Waals surface area contributed by atoms with Crippen molar-refractivity contribution >= 4 is 0 Å². The molecule has 0 aliphatic carbocycles. The Kier molecular flexibility index (Phi) is 4.73. The maximum Gasteiger partial charge on any atom is 0.251 e. The zero-order chi connectivity index (χ0) is 15.4. The number of H-pyrrole nitrogens is 1. The summed E-state index contributed by atoms with van der Waals surface area (Å²) in [6.45, 7) is 4.07. The van der Waals surface area contributed by atoms with E-state index in [4.69, 9.17) is 4.74 Å². The Balaban J connectivity index is 2.29. The number of nitrogens with zero attached hydrogens (tertiary/aromatic N) is 1. The Morgan fingerprint density at radius 1 is 1.38 bits per heavy atom. The lowest BCUT2D eigenvalue weighted by molar-refractivity contribution is 0.386. The first-order valence-electron chi connectivity index (χ1n) is 6.96. The highest BCUT2D eigenvalue weighted by atomic mass is 19.1. The van der Waals surface area contributed by atoms with Gasteiger partial charge in [-0.15, -0.1) is 0 Å². The van der Waals surface area contributed by atoms with E-state index in [0.29, 0.717) is 12.2 Å². The summed E-state index contributed by atoms with van der Waals surface area (Å²) >= 11 is 0. The molecule has 0 amide bonds. The third kappa shape index (κ3) is 3.68. The highest BCUT2D eigenvalue weighted by molar-refractivity contribution is 5.30. The van der Waals surface area contributed by atoms with Crippen LogP contribution in [0.25, 0.3) is 0 Å². The summed E-state index contributed by atoms with van der Waals surface area (Å²) < 4.78 is 18.6. The lowest BCUT2D eigenvalue weighted by atomic mass is 10.0. The Bertz CT molecular complexity index is 682. The van der Waals surface area contributed by atoms with Crippen LogP contribution in [0.15, 0.2) is 29.1 Å². The number of ether oxygens (including phenoxy) is 1. The zero-order valence-corrected chi connectivity index (χ0v) is 12.4. The van der Waals surface area contributed by atoms with Gasteiger partial charge in [0.25, 0.3) is 5.56 Å². The molecule has 5 heteroatoms. The fourth-order valence-electron chi connectivity index (χ4n) is 2.09. The Hall–Kier alpha value is -2.17. The van der Waals surface area contributed by atoms with Crippen molar-refractivity contribution in [2.45, 2.75) is 32.6 Å². The molecule has 21 heavy (non-hydrogen) atoms. The molecule has 2 aromatic rings. The molecule has 0 fully saturated rings. The maximum absolute atomic E-state index is 13.7.